The highest BCUT2D eigenvalue weighted by Gasteiger charge is 2.13. The molecule has 1 saturated carbocycles. The maximum absolute atomic E-state index is 5.93. The molecule has 0 atom stereocenters. The van der Waals surface area contributed by atoms with Gasteiger partial charge in [0, 0.05) is 11.6 Å². The van der Waals surface area contributed by atoms with Crippen molar-refractivity contribution < 1.29 is 4.74 Å². The van der Waals surface area contributed by atoms with Crippen molar-refractivity contribution in [3.63, 3.8) is 0 Å². The Morgan fingerprint density at radius 3 is 2.58 bits per heavy atom. The molecule has 2 N–H and O–H groups in total. The number of para-hydroxylation sites is 1. The van der Waals surface area contributed by atoms with E-state index in [0.717, 1.165) is 16.9 Å². The first kappa shape index (κ1) is 18.4. The first-order valence-electron chi connectivity index (χ1n) is 9.16. The molecule has 0 bridgehead atoms. The topological polar surface area (TPSA) is 45.7 Å². The molecule has 0 heterocycles. The predicted molar refractivity (Wildman–Crippen MR) is 111 cm³/mol. The Balaban J connectivity index is 1.52. The summed E-state index contributed by atoms with van der Waals surface area (Å²) in [6.07, 6.45) is 7.99. The number of hydrazone groups is 1. The van der Waals surface area contributed by atoms with Crippen LogP contribution in [0.1, 0.15) is 43.2 Å². The Labute approximate surface area is 160 Å². The molecule has 0 saturated heterocycles. The van der Waals surface area contributed by atoms with Crippen LogP contribution in [0.2, 0.25) is 0 Å². The molecule has 0 aliphatic heterocycles. The van der Waals surface area contributed by atoms with Gasteiger partial charge in [-0.1, -0.05) is 61.7 Å². The van der Waals surface area contributed by atoms with Crippen molar-refractivity contribution in [3.8, 4) is 5.75 Å². The Kier molecular flexibility index (Phi) is 7.02. The molecule has 26 heavy (non-hydrogen) atoms. The van der Waals surface area contributed by atoms with Gasteiger partial charge in [-0.2, -0.15) is 5.10 Å². The van der Waals surface area contributed by atoms with Gasteiger partial charge in [-0.05, 0) is 42.8 Å². The molecular weight excluding hydrogens is 342 g/mol. The second-order valence-electron chi connectivity index (χ2n) is 6.49. The van der Waals surface area contributed by atoms with Gasteiger partial charge in [0.1, 0.15) is 12.4 Å². The van der Waals surface area contributed by atoms with Gasteiger partial charge < -0.3 is 10.1 Å². The maximum Gasteiger partial charge on any atom is 0.187 e. The third kappa shape index (κ3) is 5.85. The van der Waals surface area contributed by atoms with E-state index < -0.39 is 0 Å². The number of rotatable bonds is 6. The number of benzene rings is 2. The summed E-state index contributed by atoms with van der Waals surface area (Å²) >= 11 is 5.33. The van der Waals surface area contributed by atoms with E-state index in [-0.39, 0.29) is 0 Å². The third-order valence-corrected chi connectivity index (χ3v) is 4.68. The summed E-state index contributed by atoms with van der Waals surface area (Å²) in [5, 5.41) is 8.19. The zero-order valence-corrected chi connectivity index (χ0v) is 15.7. The van der Waals surface area contributed by atoms with Crippen LogP contribution in [-0.2, 0) is 6.61 Å². The number of hydrogen-bond acceptors (Lipinski definition) is 3. The summed E-state index contributed by atoms with van der Waals surface area (Å²) in [7, 11) is 0. The van der Waals surface area contributed by atoms with Gasteiger partial charge in [-0.3, -0.25) is 5.43 Å². The van der Waals surface area contributed by atoms with Crippen LogP contribution in [0.4, 0.5) is 0 Å². The standard InChI is InChI=1S/C21H25N3OS/c26-21(23-19-12-5-2-6-13-19)24-22-15-18-11-7-8-14-20(18)25-16-17-9-3-1-4-10-17/h1,3-4,7-11,14-15,19H,2,5-6,12-13,16H2,(H2,23,24,26)/b22-15+. The van der Waals surface area contributed by atoms with E-state index in [1.54, 1.807) is 6.21 Å². The number of nitrogens with zero attached hydrogens (tertiary/aromatic N) is 1. The summed E-state index contributed by atoms with van der Waals surface area (Å²) in [5.41, 5.74) is 4.96. The molecule has 0 unspecified atom stereocenters. The lowest BCUT2D eigenvalue weighted by molar-refractivity contribution is 0.306. The summed E-state index contributed by atoms with van der Waals surface area (Å²) in [6.45, 7) is 0.529. The molecule has 2 aromatic carbocycles. The summed E-state index contributed by atoms with van der Waals surface area (Å²) in [6, 6.07) is 18.4. The molecule has 0 amide bonds. The zero-order valence-electron chi connectivity index (χ0n) is 14.9. The molecular formula is C21H25N3OS. The van der Waals surface area contributed by atoms with E-state index >= 15 is 0 Å². The fourth-order valence-electron chi connectivity index (χ4n) is 3.08. The van der Waals surface area contributed by atoms with Crippen LogP contribution >= 0.6 is 12.2 Å². The van der Waals surface area contributed by atoms with E-state index in [1.807, 2.05) is 54.6 Å². The lowest BCUT2D eigenvalue weighted by Gasteiger charge is -2.23. The fraction of sp³-hybridized carbons (Fsp3) is 0.333. The number of thiocarbonyl (C=S) groups is 1. The molecule has 0 radical (unpaired) electrons. The molecule has 0 spiro atoms. The Bertz CT molecular complexity index is 727. The SMILES string of the molecule is S=C(N/N=C/c1ccccc1OCc1ccccc1)NC1CCCCC1. The summed E-state index contributed by atoms with van der Waals surface area (Å²) < 4.78 is 5.93. The van der Waals surface area contributed by atoms with Gasteiger partial charge in [0.15, 0.2) is 5.11 Å². The molecule has 1 fully saturated rings. The minimum Gasteiger partial charge on any atom is -0.488 e. The van der Waals surface area contributed by atoms with Gasteiger partial charge in [-0.25, -0.2) is 0 Å². The highest BCUT2D eigenvalue weighted by Crippen LogP contribution is 2.18. The molecule has 136 valence electrons. The molecule has 1 aliphatic rings. The number of hydrogen-bond donors (Lipinski definition) is 2. The van der Waals surface area contributed by atoms with Crippen molar-refractivity contribution in [2.45, 2.75) is 44.8 Å². The van der Waals surface area contributed by atoms with E-state index in [9.17, 15) is 0 Å². The largest absolute Gasteiger partial charge is 0.488 e. The van der Waals surface area contributed by atoms with Gasteiger partial charge in [0.2, 0.25) is 0 Å². The van der Waals surface area contributed by atoms with Crippen LogP contribution in [-0.4, -0.2) is 17.4 Å². The van der Waals surface area contributed by atoms with Gasteiger partial charge in [0.25, 0.3) is 0 Å². The lowest BCUT2D eigenvalue weighted by Crippen LogP contribution is -2.40. The van der Waals surface area contributed by atoms with Crippen molar-refractivity contribution in [3.05, 3.63) is 65.7 Å². The van der Waals surface area contributed by atoms with Gasteiger partial charge in [-0.15, -0.1) is 0 Å². The molecule has 1 aliphatic carbocycles. The number of ether oxygens (including phenoxy) is 1. The smallest absolute Gasteiger partial charge is 0.187 e. The second-order valence-corrected chi connectivity index (χ2v) is 6.90. The van der Waals surface area contributed by atoms with Crippen molar-refractivity contribution in [1.29, 1.82) is 0 Å². The lowest BCUT2D eigenvalue weighted by atomic mass is 9.96. The fourth-order valence-corrected chi connectivity index (χ4v) is 3.30. The van der Waals surface area contributed by atoms with E-state index in [1.165, 1.54) is 32.1 Å². The van der Waals surface area contributed by atoms with Crippen LogP contribution in [0.3, 0.4) is 0 Å². The first-order valence-corrected chi connectivity index (χ1v) is 9.57. The highest BCUT2D eigenvalue weighted by molar-refractivity contribution is 7.80. The van der Waals surface area contributed by atoms with Crippen LogP contribution < -0.4 is 15.5 Å². The van der Waals surface area contributed by atoms with Crippen LogP contribution in [0.15, 0.2) is 59.7 Å². The van der Waals surface area contributed by atoms with Crippen molar-refractivity contribution in [2.75, 3.05) is 0 Å². The minimum absolute atomic E-state index is 0.473. The molecule has 2 aromatic rings. The molecule has 0 aromatic heterocycles. The second kappa shape index (κ2) is 9.92. The quantitative estimate of drug-likeness (QED) is 0.451. The first-order chi connectivity index (χ1) is 12.8. The Morgan fingerprint density at radius 2 is 1.77 bits per heavy atom. The average molecular weight is 368 g/mol. The molecule has 3 rings (SSSR count). The number of nitrogens with one attached hydrogen (secondary N) is 2. The maximum atomic E-state index is 5.93. The van der Waals surface area contributed by atoms with E-state index in [4.69, 9.17) is 17.0 Å². The highest BCUT2D eigenvalue weighted by atomic mass is 32.1. The van der Waals surface area contributed by atoms with E-state index in [0.29, 0.717) is 17.8 Å². The summed E-state index contributed by atoms with van der Waals surface area (Å²) in [4.78, 5) is 0. The van der Waals surface area contributed by atoms with E-state index in [2.05, 4.69) is 15.8 Å². The molecule has 5 heteroatoms. The average Bonchev–Trinajstić information content (AvgIpc) is 2.69. The Hall–Kier alpha value is -2.40. The molecule has 4 nitrogen and oxygen atoms in total. The van der Waals surface area contributed by atoms with Gasteiger partial charge in [0.05, 0.1) is 6.21 Å². The Morgan fingerprint density at radius 1 is 1.04 bits per heavy atom. The zero-order chi connectivity index (χ0) is 18.0. The minimum atomic E-state index is 0.473. The normalized spacial score (nSPS) is 14.9. The van der Waals surface area contributed by atoms with Crippen LogP contribution in [0, 0.1) is 0 Å². The van der Waals surface area contributed by atoms with Crippen molar-refractivity contribution >= 4 is 23.5 Å². The summed E-state index contributed by atoms with van der Waals surface area (Å²) in [5.74, 6) is 0.799. The van der Waals surface area contributed by atoms with Crippen LogP contribution in [0.5, 0.6) is 5.75 Å². The van der Waals surface area contributed by atoms with Crippen molar-refractivity contribution in [1.82, 2.24) is 10.7 Å². The van der Waals surface area contributed by atoms with Crippen molar-refractivity contribution in [2.24, 2.45) is 5.10 Å². The monoisotopic (exact) mass is 367 g/mol. The third-order valence-electron chi connectivity index (χ3n) is 4.47. The van der Waals surface area contributed by atoms with Crippen LogP contribution in [0.25, 0.3) is 0 Å². The van der Waals surface area contributed by atoms with Gasteiger partial charge >= 0.3 is 0 Å². The predicted octanol–water partition coefficient (Wildman–Crippen LogP) is 4.40.